The summed E-state index contributed by atoms with van der Waals surface area (Å²) in [5.74, 6) is -0.903. The first-order valence-corrected chi connectivity index (χ1v) is 11.4. The monoisotopic (exact) mass is 423 g/mol. The molecule has 0 amide bonds. The Morgan fingerprint density at radius 1 is 1.17 bits per heavy atom. The Morgan fingerprint density at radius 2 is 1.87 bits per heavy atom. The Morgan fingerprint density at radius 3 is 2.40 bits per heavy atom. The SMILES string of the molecule is COC1(c2cc(-c3ccc(S(C)(=O)=O)cc3)n(-c3ccc(C#N)cc3)n2)CCCO1. The van der Waals surface area contributed by atoms with E-state index in [1.807, 2.05) is 18.2 Å². The molecular weight excluding hydrogens is 402 g/mol. The molecule has 8 heteroatoms. The van der Waals surface area contributed by atoms with Crippen molar-refractivity contribution in [3.63, 3.8) is 0 Å². The highest BCUT2D eigenvalue weighted by molar-refractivity contribution is 7.90. The van der Waals surface area contributed by atoms with E-state index >= 15 is 0 Å². The number of hydrogen-bond donors (Lipinski definition) is 0. The molecule has 0 aliphatic carbocycles. The summed E-state index contributed by atoms with van der Waals surface area (Å²) in [6, 6.07) is 17.8. The van der Waals surface area contributed by atoms with Crippen molar-refractivity contribution >= 4 is 9.84 Å². The van der Waals surface area contributed by atoms with Gasteiger partial charge in [0.1, 0.15) is 5.69 Å². The lowest BCUT2D eigenvalue weighted by molar-refractivity contribution is -0.204. The Kier molecular flexibility index (Phi) is 5.20. The van der Waals surface area contributed by atoms with E-state index in [0.29, 0.717) is 24.3 Å². The molecule has 1 aliphatic rings. The normalized spacial score (nSPS) is 19.0. The van der Waals surface area contributed by atoms with Crippen LogP contribution in [0.5, 0.6) is 0 Å². The molecule has 0 spiro atoms. The van der Waals surface area contributed by atoms with Gasteiger partial charge in [-0.05, 0) is 48.9 Å². The number of nitriles is 1. The molecule has 1 saturated heterocycles. The Labute approximate surface area is 175 Å². The highest BCUT2D eigenvalue weighted by Crippen LogP contribution is 2.38. The third kappa shape index (κ3) is 3.63. The molecule has 2 heterocycles. The maximum atomic E-state index is 11.8. The minimum atomic E-state index is -3.29. The smallest absolute Gasteiger partial charge is 0.213 e. The van der Waals surface area contributed by atoms with Crippen molar-refractivity contribution in [3.05, 3.63) is 65.9 Å². The molecule has 1 aliphatic heterocycles. The molecule has 1 fully saturated rings. The van der Waals surface area contributed by atoms with E-state index in [0.717, 1.165) is 23.4 Å². The van der Waals surface area contributed by atoms with Gasteiger partial charge in [-0.1, -0.05) is 12.1 Å². The molecule has 7 nitrogen and oxygen atoms in total. The van der Waals surface area contributed by atoms with Crippen molar-refractivity contribution in [2.24, 2.45) is 0 Å². The zero-order chi connectivity index (χ0) is 21.4. The minimum absolute atomic E-state index is 0.253. The quantitative estimate of drug-likeness (QED) is 0.624. The van der Waals surface area contributed by atoms with E-state index in [1.54, 1.807) is 48.2 Å². The van der Waals surface area contributed by atoms with Gasteiger partial charge in [-0.2, -0.15) is 10.4 Å². The Bertz CT molecular complexity index is 1200. The number of benzene rings is 2. The largest absolute Gasteiger partial charge is 0.348 e. The van der Waals surface area contributed by atoms with Crippen LogP contribution in [0.2, 0.25) is 0 Å². The minimum Gasteiger partial charge on any atom is -0.348 e. The van der Waals surface area contributed by atoms with Gasteiger partial charge in [-0.25, -0.2) is 13.1 Å². The van der Waals surface area contributed by atoms with Gasteiger partial charge in [-0.3, -0.25) is 0 Å². The first kappa shape index (κ1) is 20.3. The molecule has 2 aromatic carbocycles. The van der Waals surface area contributed by atoms with Crippen molar-refractivity contribution in [2.45, 2.75) is 23.5 Å². The average molecular weight is 423 g/mol. The van der Waals surface area contributed by atoms with Gasteiger partial charge < -0.3 is 9.47 Å². The van der Waals surface area contributed by atoms with Crippen LogP contribution in [-0.2, 0) is 25.1 Å². The standard InChI is InChI=1S/C22H21N3O4S/c1-28-22(12-3-13-29-22)21-14-20(17-6-10-19(11-7-17)30(2,26)27)25(24-21)18-8-4-16(15-23)5-9-18/h4-11,14H,3,12-13H2,1-2H3. The lowest BCUT2D eigenvalue weighted by atomic mass is 10.1. The molecule has 0 bridgehead atoms. The van der Waals surface area contributed by atoms with Crippen molar-refractivity contribution in [3.8, 4) is 23.0 Å². The van der Waals surface area contributed by atoms with E-state index in [4.69, 9.17) is 19.8 Å². The molecule has 0 radical (unpaired) electrons. The number of methoxy groups -OCH3 is 1. The number of rotatable bonds is 5. The van der Waals surface area contributed by atoms with Gasteiger partial charge in [0, 0.05) is 25.3 Å². The van der Waals surface area contributed by atoms with Gasteiger partial charge in [0.05, 0.1) is 34.5 Å². The van der Waals surface area contributed by atoms with Crippen LogP contribution in [0.4, 0.5) is 0 Å². The zero-order valence-corrected chi connectivity index (χ0v) is 17.5. The second-order valence-corrected chi connectivity index (χ2v) is 9.21. The lowest BCUT2D eigenvalue weighted by Gasteiger charge is -2.24. The lowest BCUT2D eigenvalue weighted by Crippen LogP contribution is -2.27. The summed E-state index contributed by atoms with van der Waals surface area (Å²) in [7, 11) is -1.68. The number of sulfone groups is 1. The van der Waals surface area contributed by atoms with Gasteiger partial charge in [-0.15, -0.1) is 0 Å². The van der Waals surface area contributed by atoms with Crippen molar-refractivity contribution in [1.29, 1.82) is 5.26 Å². The van der Waals surface area contributed by atoms with E-state index in [-0.39, 0.29) is 4.90 Å². The highest BCUT2D eigenvalue weighted by atomic mass is 32.2. The van der Waals surface area contributed by atoms with E-state index in [1.165, 1.54) is 6.26 Å². The number of nitrogens with zero attached hydrogens (tertiary/aromatic N) is 3. The summed E-state index contributed by atoms with van der Waals surface area (Å²) >= 11 is 0. The van der Waals surface area contributed by atoms with Crippen LogP contribution < -0.4 is 0 Å². The fourth-order valence-corrected chi connectivity index (χ4v) is 4.23. The van der Waals surface area contributed by atoms with E-state index in [9.17, 15) is 8.42 Å². The molecule has 1 aromatic heterocycles. The number of hydrogen-bond acceptors (Lipinski definition) is 6. The molecule has 1 unspecified atom stereocenters. The van der Waals surface area contributed by atoms with Crippen LogP contribution in [0.25, 0.3) is 16.9 Å². The second-order valence-electron chi connectivity index (χ2n) is 7.19. The molecule has 0 saturated carbocycles. The van der Waals surface area contributed by atoms with Gasteiger partial charge in [0.2, 0.25) is 5.79 Å². The third-order valence-electron chi connectivity index (χ3n) is 5.23. The first-order valence-electron chi connectivity index (χ1n) is 9.47. The highest BCUT2D eigenvalue weighted by Gasteiger charge is 2.40. The van der Waals surface area contributed by atoms with Crippen LogP contribution in [0.1, 0.15) is 24.1 Å². The van der Waals surface area contributed by atoms with Crippen molar-refractivity contribution in [1.82, 2.24) is 9.78 Å². The van der Waals surface area contributed by atoms with Gasteiger partial charge >= 0.3 is 0 Å². The summed E-state index contributed by atoms with van der Waals surface area (Å²) in [5, 5.41) is 13.9. The predicted molar refractivity (Wildman–Crippen MR) is 111 cm³/mol. The molecule has 4 rings (SSSR count). The molecule has 3 aromatic rings. The second kappa shape index (κ2) is 7.69. The fraction of sp³-hybridized carbons (Fsp3) is 0.273. The van der Waals surface area contributed by atoms with E-state index < -0.39 is 15.6 Å². The molecule has 154 valence electrons. The predicted octanol–water partition coefficient (Wildman–Crippen LogP) is 3.42. The van der Waals surface area contributed by atoms with Crippen LogP contribution in [0.15, 0.2) is 59.5 Å². The number of ether oxygens (including phenoxy) is 2. The third-order valence-corrected chi connectivity index (χ3v) is 6.36. The summed E-state index contributed by atoms with van der Waals surface area (Å²) < 4.78 is 37.0. The zero-order valence-electron chi connectivity index (χ0n) is 16.7. The summed E-state index contributed by atoms with van der Waals surface area (Å²) in [5.41, 5.74) is 3.54. The van der Waals surface area contributed by atoms with Gasteiger partial charge in [0.25, 0.3) is 0 Å². The van der Waals surface area contributed by atoms with E-state index in [2.05, 4.69) is 6.07 Å². The van der Waals surface area contributed by atoms with Crippen LogP contribution in [-0.4, -0.2) is 38.2 Å². The van der Waals surface area contributed by atoms with Crippen LogP contribution in [0, 0.1) is 11.3 Å². The summed E-state index contributed by atoms with van der Waals surface area (Å²) in [6.45, 7) is 0.593. The molecule has 0 N–H and O–H groups in total. The maximum Gasteiger partial charge on any atom is 0.213 e. The summed E-state index contributed by atoms with van der Waals surface area (Å²) in [4.78, 5) is 0.253. The average Bonchev–Trinajstić information content (AvgIpc) is 3.41. The maximum absolute atomic E-state index is 11.8. The topological polar surface area (TPSA) is 94.2 Å². The summed E-state index contributed by atoms with van der Waals surface area (Å²) in [6.07, 6.45) is 2.75. The Balaban J connectivity index is 1.86. The fourth-order valence-electron chi connectivity index (χ4n) is 3.60. The van der Waals surface area contributed by atoms with Gasteiger partial charge in [0.15, 0.2) is 9.84 Å². The Hall–Kier alpha value is -2.99. The van der Waals surface area contributed by atoms with Crippen LogP contribution >= 0.6 is 0 Å². The van der Waals surface area contributed by atoms with Crippen LogP contribution in [0.3, 0.4) is 0 Å². The first-order chi connectivity index (χ1) is 14.4. The number of aromatic nitrogens is 2. The molecular formula is C22H21N3O4S. The molecule has 1 atom stereocenters. The van der Waals surface area contributed by atoms with Crippen molar-refractivity contribution in [2.75, 3.05) is 20.0 Å². The van der Waals surface area contributed by atoms with Crippen molar-refractivity contribution < 1.29 is 17.9 Å². The molecule has 30 heavy (non-hydrogen) atoms.